The summed E-state index contributed by atoms with van der Waals surface area (Å²) in [6.45, 7) is 6.31. The van der Waals surface area contributed by atoms with E-state index in [0.29, 0.717) is 13.1 Å². The first-order chi connectivity index (χ1) is 5.85. The Morgan fingerprint density at radius 2 is 1.75 bits per heavy atom. The lowest BCUT2D eigenvalue weighted by atomic mass is 10.3. The average Bonchev–Trinajstić information content (AvgIpc) is 2.06. The van der Waals surface area contributed by atoms with Crippen LogP contribution in [0.3, 0.4) is 0 Å². The van der Waals surface area contributed by atoms with E-state index in [0.717, 1.165) is 19.6 Å². The molecule has 0 aliphatic rings. The summed E-state index contributed by atoms with van der Waals surface area (Å²) in [6.07, 6.45) is 2.41. The molecule has 0 saturated carbocycles. The fourth-order valence-corrected chi connectivity index (χ4v) is 0.996. The molecule has 0 spiro atoms. The highest BCUT2D eigenvalue weighted by atomic mass is 15.5. The third-order valence-corrected chi connectivity index (χ3v) is 1.66. The number of unbranched alkanes of at least 4 members (excludes halogenated alkanes) is 1. The van der Waals surface area contributed by atoms with E-state index in [1.165, 1.54) is 12.8 Å². The highest BCUT2D eigenvalue weighted by Gasteiger charge is 1.99. The zero-order chi connectivity index (χ0) is 9.23. The Balaban J connectivity index is 3.34. The van der Waals surface area contributed by atoms with Gasteiger partial charge in [-0.25, -0.2) is 5.01 Å². The molecule has 0 radical (unpaired) electrons. The molecule has 0 aliphatic heterocycles. The highest BCUT2D eigenvalue weighted by Crippen LogP contribution is 1.85. The maximum absolute atomic E-state index is 5.44. The molecule has 74 valence electrons. The van der Waals surface area contributed by atoms with Gasteiger partial charge in [-0.1, -0.05) is 13.3 Å². The first-order valence-electron chi connectivity index (χ1n) is 4.73. The number of nitrogens with two attached hydrogens (primary N) is 2. The van der Waals surface area contributed by atoms with Gasteiger partial charge in [-0.3, -0.25) is 5.43 Å². The van der Waals surface area contributed by atoms with Crippen molar-refractivity contribution in [1.82, 2.24) is 10.4 Å². The maximum atomic E-state index is 5.44. The van der Waals surface area contributed by atoms with Crippen LogP contribution in [0.15, 0.2) is 0 Å². The lowest BCUT2D eigenvalue weighted by Gasteiger charge is -2.21. The van der Waals surface area contributed by atoms with Gasteiger partial charge in [-0.05, 0) is 6.42 Å². The van der Waals surface area contributed by atoms with Crippen LogP contribution in [-0.2, 0) is 0 Å². The quantitative estimate of drug-likeness (QED) is 0.343. The number of hydrogen-bond donors (Lipinski definition) is 3. The standard InChI is InChI=1S/C8H22N4/c1-2-3-6-11-12(7-4-9)8-5-10/h11H,2-10H2,1H3. The minimum Gasteiger partial charge on any atom is -0.329 e. The van der Waals surface area contributed by atoms with E-state index >= 15 is 0 Å². The predicted molar refractivity (Wildman–Crippen MR) is 52.6 cm³/mol. The van der Waals surface area contributed by atoms with Crippen LogP contribution in [0.4, 0.5) is 0 Å². The monoisotopic (exact) mass is 174 g/mol. The average molecular weight is 174 g/mol. The number of nitrogens with zero attached hydrogens (tertiary/aromatic N) is 1. The van der Waals surface area contributed by atoms with Gasteiger partial charge in [0.1, 0.15) is 0 Å². The molecule has 0 unspecified atom stereocenters. The molecule has 0 aromatic carbocycles. The second kappa shape index (κ2) is 8.93. The normalized spacial score (nSPS) is 11.0. The molecular weight excluding hydrogens is 152 g/mol. The van der Waals surface area contributed by atoms with Crippen molar-refractivity contribution < 1.29 is 0 Å². The van der Waals surface area contributed by atoms with E-state index in [1.54, 1.807) is 0 Å². The van der Waals surface area contributed by atoms with Crippen molar-refractivity contribution in [3.8, 4) is 0 Å². The van der Waals surface area contributed by atoms with Crippen molar-refractivity contribution in [3.05, 3.63) is 0 Å². The fraction of sp³-hybridized carbons (Fsp3) is 1.00. The number of hydrazine groups is 1. The molecule has 0 bridgehead atoms. The summed E-state index contributed by atoms with van der Waals surface area (Å²) in [4.78, 5) is 0. The molecule has 0 aromatic rings. The molecule has 0 aromatic heterocycles. The summed E-state index contributed by atoms with van der Waals surface area (Å²) in [5, 5.41) is 2.09. The molecule has 4 nitrogen and oxygen atoms in total. The van der Waals surface area contributed by atoms with Crippen molar-refractivity contribution in [2.45, 2.75) is 19.8 Å². The lowest BCUT2D eigenvalue weighted by Crippen LogP contribution is -2.44. The molecule has 0 saturated heterocycles. The lowest BCUT2D eigenvalue weighted by molar-refractivity contribution is 0.198. The van der Waals surface area contributed by atoms with Gasteiger partial charge in [0.25, 0.3) is 0 Å². The second-order valence-electron chi connectivity index (χ2n) is 2.83. The van der Waals surface area contributed by atoms with Crippen LogP contribution in [0.5, 0.6) is 0 Å². The summed E-state index contributed by atoms with van der Waals surface area (Å²) in [5.41, 5.74) is 14.2. The summed E-state index contributed by atoms with van der Waals surface area (Å²) in [7, 11) is 0. The Bertz CT molecular complexity index is 81.1. The Morgan fingerprint density at radius 3 is 2.17 bits per heavy atom. The van der Waals surface area contributed by atoms with Gasteiger partial charge < -0.3 is 11.5 Å². The van der Waals surface area contributed by atoms with Crippen LogP contribution in [0.2, 0.25) is 0 Å². The Kier molecular flexibility index (Phi) is 8.81. The maximum Gasteiger partial charge on any atom is 0.0254 e. The Labute approximate surface area is 75.3 Å². The highest BCUT2D eigenvalue weighted by molar-refractivity contribution is 4.53. The van der Waals surface area contributed by atoms with Crippen LogP contribution in [-0.4, -0.2) is 37.7 Å². The third kappa shape index (κ3) is 6.54. The zero-order valence-corrected chi connectivity index (χ0v) is 8.05. The molecule has 0 heterocycles. The van der Waals surface area contributed by atoms with E-state index in [2.05, 4.69) is 17.4 Å². The Hall–Kier alpha value is -0.160. The third-order valence-electron chi connectivity index (χ3n) is 1.66. The van der Waals surface area contributed by atoms with E-state index in [-0.39, 0.29) is 0 Å². The van der Waals surface area contributed by atoms with Gasteiger partial charge in [0.15, 0.2) is 0 Å². The minimum atomic E-state index is 0.680. The topological polar surface area (TPSA) is 67.3 Å². The predicted octanol–water partition coefficient (Wildman–Crippen LogP) is -0.489. The van der Waals surface area contributed by atoms with Crippen molar-refractivity contribution >= 4 is 0 Å². The molecule has 4 heteroatoms. The molecule has 0 fully saturated rings. The van der Waals surface area contributed by atoms with Crippen molar-refractivity contribution in [2.75, 3.05) is 32.7 Å². The smallest absolute Gasteiger partial charge is 0.0254 e. The van der Waals surface area contributed by atoms with Gasteiger partial charge in [-0.2, -0.15) is 0 Å². The van der Waals surface area contributed by atoms with Crippen LogP contribution in [0.1, 0.15) is 19.8 Å². The van der Waals surface area contributed by atoms with Gasteiger partial charge in [0.2, 0.25) is 0 Å². The van der Waals surface area contributed by atoms with Crippen molar-refractivity contribution in [3.63, 3.8) is 0 Å². The largest absolute Gasteiger partial charge is 0.329 e. The van der Waals surface area contributed by atoms with Crippen LogP contribution >= 0.6 is 0 Å². The molecular formula is C8H22N4. The number of rotatable bonds is 8. The number of nitrogens with one attached hydrogen (secondary N) is 1. The molecule has 12 heavy (non-hydrogen) atoms. The SMILES string of the molecule is CCCCNN(CCN)CCN. The Morgan fingerprint density at radius 1 is 1.17 bits per heavy atom. The number of hydrogen-bond acceptors (Lipinski definition) is 4. The van der Waals surface area contributed by atoms with E-state index in [1.807, 2.05) is 0 Å². The molecule has 0 aliphatic carbocycles. The molecule has 0 atom stereocenters. The van der Waals surface area contributed by atoms with Crippen molar-refractivity contribution in [2.24, 2.45) is 11.5 Å². The van der Waals surface area contributed by atoms with E-state index in [9.17, 15) is 0 Å². The van der Waals surface area contributed by atoms with Crippen LogP contribution in [0, 0.1) is 0 Å². The van der Waals surface area contributed by atoms with E-state index in [4.69, 9.17) is 11.5 Å². The first kappa shape index (κ1) is 11.8. The van der Waals surface area contributed by atoms with Gasteiger partial charge in [0.05, 0.1) is 0 Å². The second-order valence-corrected chi connectivity index (χ2v) is 2.83. The van der Waals surface area contributed by atoms with E-state index < -0.39 is 0 Å². The van der Waals surface area contributed by atoms with Gasteiger partial charge in [0, 0.05) is 32.7 Å². The van der Waals surface area contributed by atoms with Gasteiger partial charge in [-0.15, -0.1) is 0 Å². The summed E-state index contributed by atoms with van der Waals surface area (Å²) >= 11 is 0. The van der Waals surface area contributed by atoms with Crippen molar-refractivity contribution in [1.29, 1.82) is 0 Å². The first-order valence-corrected chi connectivity index (χ1v) is 4.73. The summed E-state index contributed by atoms with van der Waals surface area (Å²) in [6, 6.07) is 0. The molecule has 0 amide bonds. The minimum absolute atomic E-state index is 0.680. The van der Waals surface area contributed by atoms with Gasteiger partial charge >= 0.3 is 0 Å². The summed E-state index contributed by atoms with van der Waals surface area (Å²) in [5.74, 6) is 0. The van der Waals surface area contributed by atoms with Crippen LogP contribution < -0.4 is 16.9 Å². The molecule has 5 N–H and O–H groups in total. The summed E-state index contributed by atoms with van der Waals surface area (Å²) < 4.78 is 0. The molecule has 0 rings (SSSR count). The fourth-order valence-electron chi connectivity index (χ4n) is 0.996. The zero-order valence-electron chi connectivity index (χ0n) is 8.05. The van der Waals surface area contributed by atoms with Crippen LogP contribution in [0.25, 0.3) is 0 Å².